The van der Waals surface area contributed by atoms with Gasteiger partial charge in [0.05, 0.1) is 0 Å². The maximum Gasteiger partial charge on any atom is 0.224 e. The average Bonchev–Trinajstić information content (AvgIpc) is 2.65. The van der Waals surface area contributed by atoms with Crippen LogP contribution in [0, 0.1) is 5.92 Å². The molecule has 1 saturated carbocycles. The molecule has 0 aromatic carbocycles. The molecular formula is C13H24N2O. The summed E-state index contributed by atoms with van der Waals surface area (Å²) in [4.78, 5) is 14.1. The van der Waals surface area contributed by atoms with Gasteiger partial charge >= 0.3 is 0 Å². The molecule has 2 aliphatic rings. The molecular weight excluding hydrogens is 200 g/mol. The van der Waals surface area contributed by atoms with E-state index in [1.54, 1.807) is 0 Å². The molecule has 2 N–H and O–H groups in total. The third-order valence-electron chi connectivity index (χ3n) is 4.13. The summed E-state index contributed by atoms with van der Waals surface area (Å²) in [5, 5.41) is 0. The summed E-state index contributed by atoms with van der Waals surface area (Å²) in [5.41, 5.74) is 6.12. The van der Waals surface area contributed by atoms with Crippen molar-refractivity contribution in [3.8, 4) is 0 Å². The van der Waals surface area contributed by atoms with Crippen molar-refractivity contribution in [2.75, 3.05) is 13.1 Å². The molecule has 3 nitrogen and oxygen atoms in total. The Bertz CT molecular complexity index is 259. The second-order valence-corrected chi connectivity index (χ2v) is 5.83. The number of nitrogens with zero attached hydrogens (tertiary/aromatic N) is 1. The molecule has 2 fully saturated rings. The summed E-state index contributed by atoms with van der Waals surface area (Å²) in [7, 11) is 0. The number of hydrogen-bond acceptors (Lipinski definition) is 2. The fourth-order valence-electron chi connectivity index (χ4n) is 3.01. The summed E-state index contributed by atoms with van der Waals surface area (Å²) in [6.45, 7) is 4.09. The molecule has 1 aliphatic carbocycles. The van der Waals surface area contributed by atoms with E-state index in [1.807, 2.05) is 4.90 Å². The summed E-state index contributed by atoms with van der Waals surface area (Å²) in [6.07, 6.45) is 7.46. The van der Waals surface area contributed by atoms with Crippen molar-refractivity contribution in [1.29, 1.82) is 0 Å². The van der Waals surface area contributed by atoms with Gasteiger partial charge in [-0.15, -0.1) is 0 Å². The molecule has 0 aromatic heterocycles. The zero-order valence-electron chi connectivity index (χ0n) is 10.4. The number of rotatable bonds is 2. The maximum absolute atomic E-state index is 12.1. The summed E-state index contributed by atoms with van der Waals surface area (Å²) < 4.78 is 0. The van der Waals surface area contributed by atoms with Crippen LogP contribution < -0.4 is 5.73 Å². The van der Waals surface area contributed by atoms with Crippen molar-refractivity contribution < 1.29 is 4.79 Å². The van der Waals surface area contributed by atoms with Crippen molar-refractivity contribution >= 4 is 5.91 Å². The first-order chi connectivity index (χ1) is 7.59. The molecule has 3 heteroatoms. The van der Waals surface area contributed by atoms with Crippen LogP contribution in [0.25, 0.3) is 0 Å². The minimum atomic E-state index is -0.193. The molecule has 1 aliphatic heterocycles. The molecule has 1 atom stereocenters. The van der Waals surface area contributed by atoms with E-state index in [-0.39, 0.29) is 11.4 Å². The number of likely N-dealkylation sites (tertiary alicyclic amines) is 1. The minimum absolute atomic E-state index is 0.193. The van der Waals surface area contributed by atoms with Crippen LogP contribution in [0.15, 0.2) is 0 Å². The van der Waals surface area contributed by atoms with Crippen molar-refractivity contribution in [2.24, 2.45) is 11.7 Å². The van der Waals surface area contributed by atoms with Gasteiger partial charge in [0.25, 0.3) is 0 Å². The molecule has 1 heterocycles. The van der Waals surface area contributed by atoms with Gasteiger partial charge < -0.3 is 10.6 Å². The quantitative estimate of drug-likeness (QED) is 0.778. The van der Waals surface area contributed by atoms with Gasteiger partial charge in [-0.05, 0) is 25.2 Å². The third-order valence-corrected chi connectivity index (χ3v) is 4.13. The van der Waals surface area contributed by atoms with Crippen LogP contribution in [0.3, 0.4) is 0 Å². The highest BCUT2D eigenvalue weighted by Crippen LogP contribution is 2.30. The minimum Gasteiger partial charge on any atom is -0.342 e. The predicted octanol–water partition coefficient (Wildman–Crippen LogP) is 1.91. The SMILES string of the molecule is CC1CCN(C(=O)CC2(N)CCCCC2)C1. The van der Waals surface area contributed by atoms with Crippen LogP contribution in [0.4, 0.5) is 0 Å². The zero-order valence-corrected chi connectivity index (χ0v) is 10.4. The normalized spacial score (nSPS) is 29.4. The highest BCUT2D eigenvalue weighted by Gasteiger charge is 2.33. The smallest absolute Gasteiger partial charge is 0.224 e. The largest absolute Gasteiger partial charge is 0.342 e. The van der Waals surface area contributed by atoms with E-state index in [4.69, 9.17) is 5.73 Å². The van der Waals surface area contributed by atoms with Crippen LogP contribution >= 0.6 is 0 Å². The number of nitrogens with two attached hydrogens (primary N) is 1. The number of carbonyl (C=O) groups is 1. The Kier molecular flexibility index (Phi) is 3.53. The van der Waals surface area contributed by atoms with Crippen molar-refractivity contribution in [1.82, 2.24) is 4.90 Å². The molecule has 1 unspecified atom stereocenters. The van der Waals surface area contributed by atoms with Crippen molar-refractivity contribution in [3.63, 3.8) is 0 Å². The fourth-order valence-corrected chi connectivity index (χ4v) is 3.01. The van der Waals surface area contributed by atoms with Crippen LogP contribution in [0.1, 0.15) is 51.9 Å². The van der Waals surface area contributed by atoms with Gasteiger partial charge in [-0.2, -0.15) is 0 Å². The monoisotopic (exact) mass is 224 g/mol. The Morgan fingerprint density at radius 3 is 2.62 bits per heavy atom. The van der Waals surface area contributed by atoms with E-state index >= 15 is 0 Å². The molecule has 0 aromatic rings. The fraction of sp³-hybridized carbons (Fsp3) is 0.923. The molecule has 2 rings (SSSR count). The average molecular weight is 224 g/mol. The van der Waals surface area contributed by atoms with Gasteiger partial charge in [-0.1, -0.05) is 26.2 Å². The Hall–Kier alpha value is -0.570. The van der Waals surface area contributed by atoms with Crippen LogP contribution in [-0.4, -0.2) is 29.4 Å². The van der Waals surface area contributed by atoms with Gasteiger partial charge in [-0.25, -0.2) is 0 Å². The second kappa shape index (κ2) is 4.74. The van der Waals surface area contributed by atoms with Crippen LogP contribution in [-0.2, 0) is 4.79 Å². The van der Waals surface area contributed by atoms with Crippen LogP contribution in [0.2, 0.25) is 0 Å². The first-order valence-corrected chi connectivity index (χ1v) is 6.66. The lowest BCUT2D eigenvalue weighted by Gasteiger charge is -2.34. The van der Waals surface area contributed by atoms with Gasteiger partial charge in [0.1, 0.15) is 0 Å². The Morgan fingerprint density at radius 2 is 2.06 bits per heavy atom. The standard InChI is InChI=1S/C13H24N2O/c1-11-5-8-15(10-11)12(16)9-13(14)6-3-2-4-7-13/h11H,2-10,14H2,1H3. The first kappa shape index (κ1) is 11.9. The summed E-state index contributed by atoms with van der Waals surface area (Å²) >= 11 is 0. The predicted molar refractivity (Wildman–Crippen MR) is 65.0 cm³/mol. The molecule has 0 spiro atoms. The topological polar surface area (TPSA) is 46.3 Å². The summed E-state index contributed by atoms with van der Waals surface area (Å²) in [5.74, 6) is 0.956. The number of carbonyl (C=O) groups excluding carboxylic acids is 1. The van der Waals surface area contributed by atoms with Gasteiger partial charge in [0, 0.05) is 25.0 Å². The van der Waals surface area contributed by atoms with E-state index in [1.165, 1.54) is 19.3 Å². The highest BCUT2D eigenvalue weighted by molar-refractivity contribution is 5.77. The summed E-state index contributed by atoms with van der Waals surface area (Å²) in [6, 6.07) is 0. The van der Waals surface area contributed by atoms with E-state index < -0.39 is 0 Å². The Balaban J connectivity index is 1.86. The maximum atomic E-state index is 12.1. The van der Waals surface area contributed by atoms with Gasteiger partial charge in [0.2, 0.25) is 5.91 Å². The Labute approximate surface area is 98.4 Å². The second-order valence-electron chi connectivity index (χ2n) is 5.83. The number of hydrogen-bond donors (Lipinski definition) is 1. The lowest BCUT2D eigenvalue weighted by molar-refractivity contribution is -0.131. The van der Waals surface area contributed by atoms with Crippen molar-refractivity contribution in [3.05, 3.63) is 0 Å². The molecule has 16 heavy (non-hydrogen) atoms. The molecule has 1 amide bonds. The van der Waals surface area contributed by atoms with Crippen molar-refractivity contribution in [2.45, 2.75) is 57.4 Å². The van der Waals surface area contributed by atoms with E-state index in [9.17, 15) is 4.79 Å². The Morgan fingerprint density at radius 1 is 1.38 bits per heavy atom. The van der Waals surface area contributed by atoms with Gasteiger partial charge in [0.15, 0.2) is 0 Å². The molecule has 92 valence electrons. The third kappa shape index (κ3) is 2.76. The molecule has 1 saturated heterocycles. The van der Waals surface area contributed by atoms with E-state index in [0.29, 0.717) is 12.3 Å². The van der Waals surface area contributed by atoms with Crippen LogP contribution in [0.5, 0.6) is 0 Å². The number of amides is 1. The van der Waals surface area contributed by atoms with Gasteiger partial charge in [-0.3, -0.25) is 4.79 Å². The lowest BCUT2D eigenvalue weighted by Crippen LogP contribution is -2.46. The highest BCUT2D eigenvalue weighted by atomic mass is 16.2. The lowest BCUT2D eigenvalue weighted by atomic mass is 9.80. The zero-order chi connectivity index (χ0) is 11.6. The molecule has 0 radical (unpaired) electrons. The van der Waals surface area contributed by atoms with E-state index in [2.05, 4.69) is 6.92 Å². The molecule has 0 bridgehead atoms. The van der Waals surface area contributed by atoms with E-state index in [0.717, 1.165) is 32.4 Å². The first-order valence-electron chi connectivity index (χ1n) is 6.66.